The molecular formula is C74H43NO. The van der Waals surface area contributed by atoms with Crippen LogP contribution in [0.25, 0.3) is 170 Å². The Morgan fingerprint density at radius 3 is 1.38 bits per heavy atom. The molecule has 16 aromatic rings. The molecular weight excluding hydrogens is 919 g/mol. The van der Waals surface area contributed by atoms with Gasteiger partial charge in [0, 0.05) is 27.2 Å². The molecule has 0 N–H and O–H groups in total. The number of aromatic nitrogens is 1. The van der Waals surface area contributed by atoms with Crippen molar-refractivity contribution in [1.82, 2.24) is 4.57 Å². The van der Waals surface area contributed by atoms with E-state index in [1.54, 1.807) is 0 Å². The fraction of sp³-hybridized carbons (Fsp3) is 0. The minimum Gasteiger partial charge on any atom is -0.456 e. The highest BCUT2D eigenvalue weighted by atomic mass is 16.3. The van der Waals surface area contributed by atoms with Gasteiger partial charge in [0.2, 0.25) is 0 Å². The van der Waals surface area contributed by atoms with Crippen LogP contribution in [0.5, 0.6) is 0 Å². The summed E-state index contributed by atoms with van der Waals surface area (Å²) in [4.78, 5) is 0. The number of hydrogen-bond donors (Lipinski definition) is 0. The van der Waals surface area contributed by atoms with E-state index in [4.69, 9.17) is 4.42 Å². The zero-order valence-electron chi connectivity index (χ0n) is 41.2. The lowest BCUT2D eigenvalue weighted by Crippen LogP contribution is -1.93. The Bertz CT molecular complexity index is 5170. The lowest BCUT2D eigenvalue weighted by molar-refractivity contribution is 0.669. The fourth-order valence-electron chi connectivity index (χ4n) is 13.3. The lowest BCUT2D eigenvalue weighted by atomic mass is 9.93. The summed E-state index contributed by atoms with van der Waals surface area (Å²) in [7, 11) is 0. The highest BCUT2D eigenvalue weighted by Gasteiger charge is 2.24. The molecule has 2 aromatic heterocycles. The first kappa shape index (κ1) is 41.5. The SMILES string of the molecule is c1ccc(-n2c3ccc4ccccc4c3c3c4ccc(-c5cc6c7c(cccc7c5)-c5ccccc5-6)cc4ccc32)cc1.c1ccc2c(c1)-c1cccc3cc(-c4ccc5cc6oc7ccccc7c6cc5c4)cc-2c13. The van der Waals surface area contributed by atoms with Gasteiger partial charge in [-0.3, -0.25) is 0 Å². The summed E-state index contributed by atoms with van der Waals surface area (Å²) >= 11 is 0. The lowest BCUT2D eigenvalue weighted by Gasteiger charge is -2.10. The van der Waals surface area contributed by atoms with Gasteiger partial charge in [-0.2, -0.15) is 0 Å². The average molecular weight is 962 g/mol. The summed E-state index contributed by atoms with van der Waals surface area (Å²) in [5, 5.41) is 17.9. The highest BCUT2D eigenvalue weighted by molar-refractivity contribution is 6.29. The van der Waals surface area contributed by atoms with Crippen molar-refractivity contribution >= 4 is 97.6 Å². The van der Waals surface area contributed by atoms with Crippen LogP contribution in [0, 0.1) is 0 Å². The number of para-hydroxylation sites is 2. The van der Waals surface area contributed by atoms with Crippen LogP contribution in [-0.4, -0.2) is 4.57 Å². The minimum absolute atomic E-state index is 0.940. The van der Waals surface area contributed by atoms with Gasteiger partial charge in [-0.05, 0) is 199 Å². The number of nitrogens with zero attached hydrogens (tertiary/aromatic N) is 1. The molecule has 0 saturated heterocycles. The van der Waals surface area contributed by atoms with Gasteiger partial charge in [0.1, 0.15) is 11.2 Å². The van der Waals surface area contributed by atoms with Gasteiger partial charge in [0.15, 0.2) is 0 Å². The maximum absolute atomic E-state index is 6.09. The van der Waals surface area contributed by atoms with Crippen LogP contribution in [0.2, 0.25) is 0 Å². The van der Waals surface area contributed by atoms with Gasteiger partial charge in [0.05, 0.1) is 11.0 Å². The summed E-state index contributed by atoms with van der Waals surface area (Å²) in [5.41, 5.74) is 21.2. The Balaban J connectivity index is 0.000000128. The van der Waals surface area contributed by atoms with Crippen molar-refractivity contribution in [2.75, 3.05) is 0 Å². The molecule has 2 heterocycles. The number of benzene rings is 14. The minimum atomic E-state index is 0.940. The largest absolute Gasteiger partial charge is 0.456 e. The first-order valence-corrected chi connectivity index (χ1v) is 26.3. The number of rotatable bonds is 3. The van der Waals surface area contributed by atoms with Gasteiger partial charge in [-0.15, -0.1) is 0 Å². The Morgan fingerprint density at radius 1 is 0.224 bits per heavy atom. The monoisotopic (exact) mass is 961 g/mol. The molecule has 0 fully saturated rings. The second-order valence-corrected chi connectivity index (χ2v) is 20.7. The van der Waals surface area contributed by atoms with E-state index >= 15 is 0 Å². The van der Waals surface area contributed by atoms with Crippen LogP contribution >= 0.6 is 0 Å². The molecule has 350 valence electrons. The summed E-state index contributed by atoms with van der Waals surface area (Å²) in [5.74, 6) is 0. The number of furan rings is 1. The van der Waals surface area contributed by atoms with E-state index < -0.39 is 0 Å². The van der Waals surface area contributed by atoms with Crippen molar-refractivity contribution in [3.8, 4) is 72.4 Å². The first-order chi connectivity index (χ1) is 37.7. The van der Waals surface area contributed by atoms with Gasteiger partial charge in [0.25, 0.3) is 0 Å². The molecule has 76 heavy (non-hydrogen) atoms. The van der Waals surface area contributed by atoms with Crippen molar-refractivity contribution in [1.29, 1.82) is 0 Å². The molecule has 0 saturated carbocycles. The van der Waals surface area contributed by atoms with E-state index in [1.807, 2.05) is 12.1 Å². The van der Waals surface area contributed by atoms with E-state index in [1.165, 1.54) is 159 Å². The molecule has 0 aliphatic heterocycles. The summed E-state index contributed by atoms with van der Waals surface area (Å²) in [6.45, 7) is 0. The van der Waals surface area contributed by atoms with Crippen molar-refractivity contribution in [2.24, 2.45) is 0 Å². The molecule has 0 spiro atoms. The zero-order chi connectivity index (χ0) is 49.6. The summed E-state index contributed by atoms with van der Waals surface area (Å²) < 4.78 is 8.51. The van der Waals surface area contributed by atoms with Crippen LogP contribution in [0.4, 0.5) is 0 Å². The van der Waals surface area contributed by atoms with Crippen molar-refractivity contribution < 1.29 is 4.42 Å². The smallest absolute Gasteiger partial charge is 0.136 e. The van der Waals surface area contributed by atoms with Crippen LogP contribution in [0.1, 0.15) is 0 Å². The van der Waals surface area contributed by atoms with Gasteiger partial charge in [-0.25, -0.2) is 0 Å². The number of fused-ring (bicyclic) bond motifs is 17. The third kappa shape index (κ3) is 5.98. The molecule has 0 bridgehead atoms. The third-order valence-corrected chi connectivity index (χ3v) is 16.6. The Labute approximate surface area is 437 Å². The molecule has 2 nitrogen and oxygen atoms in total. The van der Waals surface area contributed by atoms with E-state index in [9.17, 15) is 0 Å². The molecule has 14 aromatic carbocycles. The normalized spacial score (nSPS) is 12.2. The maximum Gasteiger partial charge on any atom is 0.136 e. The Morgan fingerprint density at radius 2 is 0.711 bits per heavy atom. The third-order valence-electron chi connectivity index (χ3n) is 16.6. The summed E-state index contributed by atoms with van der Waals surface area (Å²) in [6.07, 6.45) is 0. The maximum atomic E-state index is 6.09. The molecule has 0 atom stereocenters. The van der Waals surface area contributed by atoms with Gasteiger partial charge in [-0.1, -0.05) is 182 Å². The molecule has 2 aliphatic carbocycles. The fourth-order valence-corrected chi connectivity index (χ4v) is 13.3. The second kappa shape index (κ2) is 15.7. The molecule has 2 aliphatic rings. The molecule has 18 rings (SSSR count). The zero-order valence-corrected chi connectivity index (χ0v) is 41.2. The van der Waals surface area contributed by atoms with Crippen molar-refractivity contribution in [3.63, 3.8) is 0 Å². The van der Waals surface area contributed by atoms with E-state index in [-0.39, 0.29) is 0 Å². The second-order valence-electron chi connectivity index (χ2n) is 20.7. The quantitative estimate of drug-likeness (QED) is 0.173. The predicted octanol–water partition coefficient (Wildman–Crippen LogP) is 20.8. The van der Waals surface area contributed by atoms with Crippen LogP contribution in [-0.2, 0) is 0 Å². The van der Waals surface area contributed by atoms with E-state index in [0.29, 0.717) is 0 Å². The topological polar surface area (TPSA) is 18.1 Å². The molecule has 0 radical (unpaired) electrons. The van der Waals surface area contributed by atoms with Crippen LogP contribution in [0.15, 0.2) is 265 Å². The van der Waals surface area contributed by atoms with Crippen LogP contribution in [0.3, 0.4) is 0 Å². The molecule has 0 unspecified atom stereocenters. The average Bonchev–Trinajstić information content (AvgIpc) is 4.31. The van der Waals surface area contributed by atoms with Crippen molar-refractivity contribution in [2.45, 2.75) is 0 Å². The van der Waals surface area contributed by atoms with E-state index in [0.717, 1.165) is 11.2 Å². The number of hydrogen-bond acceptors (Lipinski definition) is 1. The summed E-state index contributed by atoms with van der Waals surface area (Å²) in [6, 6.07) is 95.6. The highest BCUT2D eigenvalue weighted by Crippen LogP contribution is 2.51. The Hall–Kier alpha value is -10.0. The Kier molecular flexibility index (Phi) is 8.59. The van der Waals surface area contributed by atoms with E-state index in [2.05, 4.69) is 253 Å². The predicted molar refractivity (Wildman–Crippen MR) is 322 cm³/mol. The first-order valence-electron chi connectivity index (χ1n) is 26.3. The van der Waals surface area contributed by atoms with Gasteiger partial charge >= 0.3 is 0 Å². The van der Waals surface area contributed by atoms with Crippen molar-refractivity contribution in [3.05, 3.63) is 261 Å². The van der Waals surface area contributed by atoms with Gasteiger partial charge < -0.3 is 8.98 Å². The van der Waals surface area contributed by atoms with Crippen LogP contribution < -0.4 is 0 Å². The molecule has 0 amide bonds. The molecule has 2 heteroatoms. The standard InChI is InChI=1S/C42H25N.C32H18O/c1-2-11-31(12-3-1)43-38-21-18-26-9-4-5-13-32(26)41(38)42-33-20-17-27(23-28(33)19-22-39(42)43)30-24-29-10-8-16-36-34-14-6-7-15-35(34)37(25-30)40(29)36;1-2-8-25-24(7-1)27-10-5-6-21-15-23(17-29(25)32(21)27)19-12-13-20-18-31-28(16-22(20)14-19)26-9-3-4-11-30(26)33-31/h1-25H;1-18H.